The Morgan fingerprint density at radius 2 is 1.73 bits per heavy atom. The van der Waals surface area contributed by atoms with Crippen LogP contribution in [0.2, 0.25) is 0 Å². The number of nitrogens with zero attached hydrogens (tertiary/aromatic N) is 1. The molecule has 11 heteroatoms. The number of ketones is 4. The van der Waals surface area contributed by atoms with E-state index in [0.717, 1.165) is 5.56 Å². The Bertz CT molecular complexity index is 1430. The standard InChI is InChI=1S/C30H32N2O8S/c1-3-32(2)23-22-25(35)19-16(13-41-12-14-8-5-4-6-9-14)15-10-7-11-17(33)18(15)24(34)20(19)27(37)30(22,40)28(38)21(26(23)36)29(31)39/h4-11,16,19-23,25,33,35,40H,3,12-13H2,1-2H3,(H2,31,39). The number of benzene rings is 2. The van der Waals surface area contributed by atoms with Gasteiger partial charge in [0.05, 0.1) is 29.5 Å². The number of Topliss-reactive ketones (excluding diaryl/α,β-unsaturated/α-hetero) is 4. The average Bonchev–Trinajstić information content (AvgIpc) is 2.94. The molecule has 2 aromatic rings. The minimum atomic E-state index is -3.01. The summed E-state index contributed by atoms with van der Waals surface area (Å²) in [5.41, 5.74) is 3.76. The van der Waals surface area contributed by atoms with Gasteiger partial charge in [0, 0.05) is 23.3 Å². The van der Waals surface area contributed by atoms with Crippen molar-refractivity contribution in [2.75, 3.05) is 19.3 Å². The number of phenolic OH excluding ortho intramolecular Hbond substituents is 1. The van der Waals surface area contributed by atoms with Gasteiger partial charge >= 0.3 is 0 Å². The van der Waals surface area contributed by atoms with Crippen LogP contribution in [0.1, 0.15) is 34.3 Å². The van der Waals surface area contributed by atoms with E-state index in [9.17, 15) is 39.3 Å². The highest BCUT2D eigenvalue weighted by Crippen LogP contribution is 2.55. The van der Waals surface area contributed by atoms with Crippen molar-refractivity contribution in [1.82, 2.24) is 4.90 Å². The fourth-order valence-corrected chi connectivity index (χ4v) is 8.16. The van der Waals surface area contributed by atoms with Gasteiger partial charge in [-0.2, -0.15) is 11.8 Å². The molecule has 0 aromatic heterocycles. The zero-order chi connectivity index (χ0) is 29.8. The van der Waals surface area contributed by atoms with E-state index in [4.69, 9.17) is 5.73 Å². The molecule has 3 aliphatic carbocycles. The van der Waals surface area contributed by atoms with Crippen molar-refractivity contribution in [3.05, 3.63) is 65.2 Å². The van der Waals surface area contributed by atoms with Gasteiger partial charge in [-0.15, -0.1) is 0 Å². The Morgan fingerprint density at radius 3 is 2.37 bits per heavy atom. The van der Waals surface area contributed by atoms with Crippen LogP contribution in [0.25, 0.3) is 0 Å². The molecule has 2 fully saturated rings. The van der Waals surface area contributed by atoms with Crippen molar-refractivity contribution in [3.63, 3.8) is 0 Å². The molecular formula is C30H32N2O8S. The third-order valence-corrected chi connectivity index (χ3v) is 10.1. The van der Waals surface area contributed by atoms with Crippen molar-refractivity contribution in [2.24, 2.45) is 29.4 Å². The summed E-state index contributed by atoms with van der Waals surface area (Å²) in [6.45, 7) is 1.93. The molecule has 8 unspecified atom stereocenters. The van der Waals surface area contributed by atoms with E-state index in [1.807, 2.05) is 30.3 Å². The zero-order valence-electron chi connectivity index (χ0n) is 22.6. The summed E-state index contributed by atoms with van der Waals surface area (Å²) in [5.74, 6) is -12.3. The molecule has 10 nitrogen and oxygen atoms in total. The quantitative estimate of drug-likeness (QED) is 0.341. The lowest BCUT2D eigenvalue weighted by atomic mass is 9.49. The van der Waals surface area contributed by atoms with E-state index in [1.165, 1.54) is 29.8 Å². The second-order valence-electron chi connectivity index (χ2n) is 11.0. The molecule has 5 rings (SSSR count). The molecule has 3 aliphatic rings. The van der Waals surface area contributed by atoms with Crippen LogP contribution < -0.4 is 5.73 Å². The summed E-state index contributed by atoms with van der Waals surface area (Å²) < 4.78 is 0. The first-order valence-corrected chi connectivity index (χ1v) is 14.6. The number of fused-ring (bicyclic) bond motifs is 3. The topological polar surface area (TPSA) is 175 Å². The van der Waals surface area contributed by atoms with Gasteiger partial charge in [-0.05, 0) is 30.8 Å². The summed E-state index contributed by atoms with van der Waals surface area (Å²) in [5, 5.41) is 34.5. The molecule has 41 heavy (non-hydrogen) atoms. The number of thioether (sulfide) groups is 1. The lowest BCUT2D eigenvalue weighted by Crippen LogP contribution is -2.78. The Kier molecular flexibility index (Phi) is 7.66. The number of hydrogen-bond donors (Lipinski definition) is 4. The highest BCUT2D eigenvalue weighted by Gasteiger charge is 2.73. The maximum Gasteiger partial charge on any atom is 0.235 e. The minimum Gasteiger partial charge on any atom is -0.507 e. The molecule has 216 valence electrons. The number of nitrogens with two attached hydrogens (primary N) is 1. The van der Waals surface area contributed by atoms with Crippen LogP contribution in [0, 0.1) is 23.7 Å². The Morgan fingerprint density at radius 1 is 1.05 bits per heavy atom. The van der Waals surface area contributed by atoms with Crippen LogP contribution >= 0.6 is 11.8 Å². The molecule has 0 bridgehead atoms. The van der Waals surface area contributed by atoms with Crippen LogP contribution in [0.5, 0.6) is 5.75 Å². The first kappa shape index (κ1) is 29.1. The smallest absolute Gasteiger partial charge is 0.235 e. The molecule has 5 N–H and O–H groups in total. The van der Waals surface area contributed by atoms with E-state index < -0.39 is 76.4 Å². The molecule has 1 amide bonds. The normalized spacial score (nSPS) is 32.9. The van der Waals surface area contributed by atoms with Crippen LogP contribution in [-0.2, 0) is 24.9 Å². The molecule has 0 spiro atoms. The van der Waals surface area contributed by atoms with Gasteiger partial charge in [0.1, 0.15) is 5.75 Å². The molecule has 2 saturated carbocycles. The van der Waals surface area contributed by atoms with Crippen molar-refractivity contribution >= 4 is 40.8 Å². The van der Waals surface area contributed by atoms with Gasteiger partial charge in [0.25, 0.3) is 0 Å². The maximum atomic E-state index is 14.2. The van der Waals surface area contributed by atoms with Crippen LogP contribution in [0.3, 0.4) is 0 Å². The number of phenols is 1. The number of aliphatic hydroxyl groups is 2. The number of amides is 1. The minimum absolute atomic E-state index is 0.102. The van der Waals surface area contributed by atoms with Crippen LogP contribution in [0.15, 0.2) is 48.5 Å². The lowest BCUT2D eigenvalue weighted by Gasteiger charge is -2.56. The van der Waals surface area contributed by atoms with Crippen LogP contribution in [0.4, 0.5) is 0 Å². The summed E-state index contributed by atoms with van der Waals surface area (Å²) >= 11 is 1.50. The molecule has 2 aromatic carbocycles. The SMILES string of the molecule is CCN(C)C1C(=O)C(C(N)=O)C(=O)C2(O)C(=O)C3C(=O)c4c(O)cccc4C(CSCc4ccccc4)C3C(O)C12. The molecule has 0 saturated heterocycles. The van der Waals surface area contributed by atoms with Gasteiger partial charge in [-0.25, -0.2) is 0 Å². The molecule has 0 radical (unpaired) electrons. The van der Waals surface area contributed by atoms with E-state index in [0.29, 0.717) is 17.1 Å². The number of rotatable bonds is 7. The second kappa shape index (κ2) is 10.8. The number of carbonyl (C=O) groups is 5. The number of likely N-dealkylation sites (N-methyl/N-ethyl adjacent to an activating group) is 1. The first-order chi connectivity index (χ1) is 19.5. The predicted octanol–water partition coefficient (Wildman–Crippen LogP) is 0.702. The Hall–Kier alpha value is -3.38. The number of aromatic hydroxyl groups is 1. The first-order valence-electron chi connectivity index (χ1n) is 13.5. The van der Waals surface area contributed by atoms with E-state index >= 15 is 0 Å². The van der Waals surface area contributed by atoms with Gasteiger partial charge in [-0.3, -0.25) is 28.9 Å². The monoisotopic (exact) mass is 580 g/mol. The highest BCUT2D eigenvalue weighted by molar-refractivity contribution is 7.98. The Balaban J connectivity index is 1.65. The second-order valence-corrected chi connectivity index (χ2v) is 12.1. The van der Waals surface area contributed by atoms with Crippen molar-refractivity contribution < 1.29 is 39.3 Å². The molecule has 8 atom stereocenters. The largest absolute Gasteiger partial charge is 0.507 e. The van der Waals surface area contributed by atoms with Crippen molar-refractivity contribution in [1.29, 1.82) is 0 Å². The maximum absolute atomic E-state index is 14.2. The fraction of sp³-hybridized carbons (Fsp3) is 0.433. The number of primary amides is 1. The van der Waals surface area contributed by atoms with Gasteiger partial charge < -0.3 is 21.1 Å². The zero-order valence-corrected chi connectivity index (χ0v) is 23.4. The number of carbonyl (C=O) groups excluding carboxylic acids is 5. The summed E-state index contributed by atoms with van der Waals surface area (Å²) in [7, 11) is 1.52. The van der Waals surface area contributed by atoms with Crippen molar-refractivity contribution in [3.8, 4) is 5.75 Å². The Labute approximate surface area is 240 Å². The molecular weight excluding hydrogens is 548 g/mol. The predicted molar refractivity (Wildman–Crippen MR) is 149 cm³/mol. The van der Waals surface area contributed by atoms with E-state index in [-0.39, 0.29) is 17.9 Å². The van der Waals surface area contributed by atoms with E-state index in [2.05, 4.69) is 0 Å². The number of hydrogen-bond acceptors (Lipinski definition) is 10. The van der Waals surface area contributed by atoms with Gasteiger partial charge in [-0.1, -0.05) is 49.4 Å². The third-order valence-electron chi connectivity index (χ3n) is 8.98. The van der Waals surface area contributed by atoms with Gasteiger partial charge in [0.2, 0.25) is 5.91 Å². The average molecular weight is 581 g/mol. The summed E-state index contributed by atoms with van der Waals surface area (Å²) in [4.78, 5) is 68.8. The van der Waals surface area contributed by atoms with Gasteiger partial charge in [0.15, 0.2) is 34.7 Å². The highest BCUT2D eigenvalue weighted by atomic mass is 32.2. The summed E-state index contributed by atoms with van der Waals surface area (Å²) in [6, 6.07) is 12.8. The lowest BCUT2D eigenvalue weighted by molar-refractivity contribution is -0.197. The van der Waals surface area contributed by atoms with Crippen LogP contribution in [-0.4, -0.2) is 86.4 Å². The number of aliphatic hydroxyl groups excluding tert-OH is 1. The molecule has 0 aliphatic heterocycles. The third kappa shape index (κ3) is 4.34. The van der Waals surface area contributed by atoms with Crippen molar-refractivity contribution in [2.45, 2.75) is 36.3 Å². The fourth-order valence-electron chi connectivity index (χ4n) is 6.96. The van der Waals surface area contributed by atoms with E-state index in [1.54, 1.807) is 19.1 Å². The summed E-state index contributed by atoms with van der Waals surface area (Å²) in [6.07, 6.45) is -1.66. The molecule has 0 heterocycles.